The van der Waals surface area contributed by atoms with E-state index >= 15 is 0 Å². The third kappa shape index (κ3) is 4.33. The molecule has 160 valence electrons. The maximum absolute atomic E-state index is 13.3. The zero-order chi connectivity index (χ0) is 21.2. The first-order valence-corrected chi connectivity index (χ1v) is 12.2. The molecule has 2 aromatic carbocycles. The number of ether oxygens (including phenoxy) is 1. The normalized spacial score (nSPS) is 17.0. The monoisotopic (exact) mass is 452 g/mol. The summed E-state index contributed by atoms with van der Waals surface area (Å²) in [5.74, 6) is 0.213. The third-order valence-corrected chi connectivity index (χ3v) is 7.75. The van der Waals surface area contributed by atoms with Crippen LogP contribution in [0.5, 0.6) is 0 Å². The summed E-state index contributed by atoms with van der Waals surface area (Å²) in [5, 5.41) is 11.3. The minimum absolute atomic E-state index is 0.0188. The van der Waals surface area contributed by atoms with Gasteiger partial charge >= 0.3 is 0 Å². The predicted octanol–water partition coefficient (Wildman–Crippen LogP) is 5.31. The van der Waals surface area contributed by atoms with Crippen molar-refractivity contribution >= 4 is 45.5 Å². The van der Waals surface area contributed by atoms with Gasteiger partial charge in [0.15, 0.2) is 0 Å². The SMILES string of the molecule is CN1c2ccccc2Sc2ccc(C(CC3CCOCC3)C(=O)Nc3nncs3)cc21. The van der Waals surface area contributed by atoms with Crippen LogP contribution in [0.2, 0.25) is 0 Å². The molecule has 0 aliphatic carbocycles. The van der Waals surface area contributed by atoms with Crippen molar-refractivity contribution in [3.63, 3.8) is 0 Å². The van der Waals surface area contributed by atoms with E-state index in [9.17, 15) is 4.79 Å². The molecule has 31 heavy (non-hydrogen) atoms. The zero-order valence-corrected chi connectivity index (χ0v) is 18.9. The number of amides is 1. The highest BCUT2D eigenvalue weighted by Gasteiger charge is 2.29. The second-order valence-corrected chi connectivity index (χ2v) is 9.85. The van der Waals surface area contributed by atoms with Gasteiger partial charge in [-0.05, 0) is 55.0 Å². The van der Waals surface area contributed by atoms with Gasteiger partial charge in [0.05, 0.1) is 17.3 Å². The molecular formula is C23H24N4O2S2. The van der Waals surface area contributed by atoms with Crippen molar-refractivity contribution in [2.45, 2.75) is 35.0 Å². The molecule has 2 aliphatic heterocycles. The van der Waals surface area contributed by atoms with E-state index < -0.39 is 0 Å². The van der Waals surface area contributed by atoms with E-state index in [1.165, 1.54) is 26.8 Å². The van der Waals surface area contributed by atoms with Crippen LogP contribution in [-0.4, -0.2) is 36.4 Å². The summed E-state index contributed by atoms with van der Waals surface area (Å²) < 4.78 is 5.53. The smallest absolute Gasteiger partial charge is 0.233 e. The third-order valence-electron chi connectivity index (χ3n) is 6.01. The Morgan fingerprint density at radius 2 is 2.00 bits per heavy atom. The summed E-state index contributed by atoms with van der Waals surface area (Å²) in [6.07, 6.45) is 2.80. The van der Waals surface area contributed by atoms with E-state index in [0.717, 1.165) is 43.7 Å². The Morgan fingerprint density at radius 1 is 1.19 bits per heavy atom. The minimum Gasteiger partial charge on any atom is -0.381 e. The van der Waals surface area contributed by atoms with Crippen molar-refractivity contribution in [3.05, 3.63) is 53.5 Å². The van der Waals surface area contributed by atoms with E-state index in [2.05, 4.69) is 69.9 Å². The number of para-hydroxylation sites is 1. The largest absolute Gasteiger partial charge is 0.381 e. The highest BCUT2D eigenvalue weighted by molar-refractivity contribution is 7.99. The summed E-state index contributed by atoms with van der Waals surface area (Å²) in [5.41, 5.74) is 5.00. The van der Waals surface area contributed by atoms with E-state index in [0.29, 0.717) is 11.0 Å². The second-order valence-electron chi connectivity index (χ2n) is 7.93. The number of aromatic nitrogens is 2. The number of benzene rings is 2. The molecule has 0 bridgehead atoms. The summed E-state index contributed by atoms with van der Waals surface area (Å²) in [4.78, 5) is 18.0. The lowest BCUT2D eigenvalue weighted by Crippen LogP contribution is -2.26. The van der Waals surface area contributed by atoms with Gasteiger partial charge in [-0.3, -0.25) is 10.1 Å². The molecule has 1 amide bonds. The van der Waals surface area contributed by atoms with Gasteiger partial charge in [0.1, 0.15) is 5.51 Å². The topological polar surface area (TPSA) is 67.3 Å². The van der Waals surface area contributed by atoms with Gasteiger partial charge < -0.3 is 9.64 Å². The second kappa shape index (κ2) is 8.98. The number of anilines is 3. The quantitative estimate of drug-likeness (QED) is 0.566. The molecule has 8 heteroatoms. The Kier molecular flexibility index (Phi) is 5.93. The molecule has 6 nitrogen and oxygen atoms in total. The maximum Gasteiger partial charge on any atom is 0.233 e. The number of nitrogens with zero attached hydrogens (tertiary/aromatic N) is 3. The van der Waals surface area contributed by atoms with Crippen LogP contribution in [-0.2, 0) is 9.53 Å². The first-order chi connectivity index (χ1) is 15.2. The first kappa shape index (κ1) is 20.5. The number of fused-ring (bicyclic) bond motifs is 2. The fraction of sp³-hybridized carbons (Fsp3) is 0.348. The standard InChI is InChI=1S/C23H24N4O2S2/c1-27-18-4-2-3-5-20(18)31-21-7-6-16(13-19(21)27)17(12-15-8-10-29-11-9-15)22(28)25-23-26-24-14-30-23/h2-7,13-15,17H,8-12H2,1H3,(H,25,26,28). The van der Waals surface area contributed by atoms with Crippen LogP contribution < -0.4 is 10.2 Å². The van der Waals surface area contributed by atoms with Crippen molar-refractivity contribution in [1.82, 2.24) is 10.2 Å². The number of hydrogen-bond acceptors (Lipinski definition) is 7. The first-order valence-electron chi connectivity index (χ1n) is 10.5. The molecular weight excluding hydrogens is 428 g/mol. The van der Waals surface area contributed by atoms with Crippen molar-refractivity contribution in [3.8, 4) is 0 Å². The number of rotatable bonds is 5. The van der Waals surface area contributed by atoms with Crippen LogP contribution >= 0.6 is 23.1 Å². The van der Waals surface area contributed by atoms with Crippen LogP contribution in [0.1, 0.15) is 30.7 Å². The average molecular weight is 453 g/mol. The molecule has 0 saturated carbocycles. The number of carbonyl (C=O) groups is 1. The Hall–Kier alpha value is -2.42. The number of carbonyl (C=O) groups excluding carboxylic acids is 1. The van der Waals surface area contributed by atoms with Crippen LogP contribution in [0.25, 0.3) is 0 Å². The Morgan fingerprint density at radius 3 is 2.81 bits per heavy atom. The lowest BCUT2D eigenvalue weighted by molar-refractivity contribution is -0.118. The molecule has 3 heterocycles. The van der Waals surface area contributed by atoms with Crippen molar-refractivity contribution in [2.24, 2.45) is 5.92 Å². The summed E-state index contributed by atoms with van der Waals surface area (Å²) in [6, 6.07) is 14.9. The fourth-order valence-corrected chi connectivity index (χ4v) is 5.88. The molecule has 1 N–H and O–H groups in total. The molecule has 0 spiro atoms. The molecule has 1 saturated heterocycles. The summed E-state index contributed by atoms with van der Waals surface area (Å²) in [7, 11) is 2.09. The molecule has 1 unspecified atom stereocenters. The van der Waals surface area contributed by atoms with Crippen molar-refractivity contribution in [1.29, 1.82) is 0 Å². The van der Waals surface area contributed by atoms with Gasteiger partial charge in [-0.1, -0.05) is 41.3 Å². The molecule has 3 aromatic rings. The fourth-order valence-electron chi connectivity index (χ4n) is 4.30. The van der Waals surface area contributed by atoms with Gasteiger partial charge in [-0.15, -0.1) is 10.2 Å². The minimum atomic E-state index is -0.243. The summed E-state index contributed by atoms with van der Waals surface area (Å²) >= 11 is 3.12. The molecule has 5 rings (SSSR count). The average Bonchev–Trinajstić information content (AvgIpc) is 3.31. The molecule has 2 aliphatic rings. The summed E-state index contributed by atoms with van der Waals surface area (Å²) in [6.45, 7) is 1.55. The van der Waals surface area contributed by atoms with Crippen molar-refractivity contribution in [2.75, 3.05) is 30.5 Å². The number of hydrogen-bond donors (Lipinski definition) is 1. The van der Waals surface area contributed by atoms with Gasteiger partial charge in [0.25, 0.3) is 0 Å². The molecule has 0 radical (unpaired) electrons. The van der Waals surface area contributed by atoms with Gasteiger partial charge in [0, 0.05) is 30.1 Å². The highest BCUT2D eigenvalue weighted by Crippen LogP contribution is 2.48. The lowest BCUT2D eigenvalue weighted by atomic mass is 9.84. The lowest BCUT2D eigenvalue weighted by Gasteiger charge is -2.31. The van der Waals surface area contributed by atoms with Gasteiger partial charge in [0.2, 0.25) is 11.0 Å². The Labute approximate surface area is 190 Å². The zero-order valence-electron chi connectivity index (χ0n) is 17.3. The van der Waals surface area contributed by atoms with E-state index in [4.69, 9.17) is 4.74 Å². The Balaban J connectivity index is 1.46. The maximum atomic E-state index is 13.3. The van der Waals surface area contributed by atoms with Crippen LogP contribution in [0.3, 0.4) is 0 Å². The van der Waals surface area contributed by atoms with Crippen molar-refractivity contribution < 1.29 is 9.53 Å². The van der Waals surface area contributed by atoms with Crippen LogP contribution in [0.15, 0.2) is 57.8 Å². The predicted molar refractivity (Wildman–Crippen MR) is 125 cm³/mol. The molecule has 1 aromatic heterocycles. The highest BCUT2D eigenvalue weighted by atomic mass is 32.2. The Bertz CT molecular complexity index is 1070. The van der Waals surface area contributed by atoms with E-state index in [1.807, 2.05) is 0 Å². The van der Waals surface area contributed by atoms with Crippen LogP contribution in [0, 0.1) is 5.92 Å². The number of nitrogens with one attached hydrogen (secondary N) is 1. The van der Waals surface area contributed by atoms with E-state index in [-0.39, 0.29) is 11.8 Å². The molecule has 1 atom stereocenters. The molecule has 1 fully saturated rings. The van der Waals surface area contributed by atoms with Gasteiger partial charge in [-0.25, -0.2) is 0 Å². The van der Waals surface area contributed by atoms with Gasteiger partial charge in [-0.2, -0.15) is 0 Å². The van der Waals surface area contributed by atoms with Crippen LogP contribution in [0.4, 0.5) is 16.5 Å². The van der Waals surface area contributed by atoms with E-state index in [1.54, 1.807) is 17.3 Å².